The van der Waals surface area contributed by atoms with Crippen LogP contribution in [0.4, 0.5) is 17.5 Å². The molecule has 5 heterocycles. The molecule has 1 atom stereocenters. The highest BCUT2D eigenvalue weighted by Crippen LogP contribution is 2.33. The Kier molecular flexibility index (Phi) is 7.65. The van der Waals surface area contributed by atoms with Crippen LogP contribution in [0.1, 0.15) is 17.7 Å². The second kappa shape index (κ2) is 11.5. The molecule has 42 heavy (non-hydrogen) atoms. The number of piperazine rings is 1. The zero-order chi connectivity index (χ0) is 29.4. The summed E-state index contributed by atoms with van der Waals surface area (Å²) in [5.41, 5.74) is 5.22. The van der Waals surface area contributed by atoms with Gasteiger partial charge in [-0.2, -0.15) is 5.10 Å². The van der Waals surface area contributed by atoms with Crippen LogP contribution in [0.15, 0.2) is 36.7 Å². The van der Waals surface area contributed by atoms with Crippen molar-refractivity contribution in [2.24, 2.45) is 13.0 Å². The highest BCUT2D eigenvalue weighted by molar-refractivity contribution is 6.06. The number of likely N-dealkylation sites (N-methyl/N-ethyl adjacent to an activating group) is 1. The first-order valence-electron chi connectivity index (χ1n) is 14.5. The Hall–Kier alpha value is -4.29. The molecule has 6 rings (SSSR count). The molecule has 2 saturated heterocycles. The number of carbonyl (C=O) groups excluding carboxylic acids is 2. The Balaban J connectivity index is 1.13. The number of fused-ring (bicyclic) bond motifs is 1. The molecule has 4 aromatic rings. The Morgan fingerprint density at radius 3 is 2.67 bits per heavy atom. The zero-order valence-corrected chi connectivity index (χ0v) is 24.6. The molecule has 2 aliphatic rings. The molecule has 0 spiro atoms. The van der Waals surface area contributed by atoms with E-state index in [2.05, 4.69) is 42.5 Å². The molecular formula is C30H38N10O2. The predicted molar refractivity (Wildman–Crippen MR) is 163 cm³/mol. The fourth-order valence-electron chi connectivity index (χ4n) is 5.82. The average Bonchev–Trinajstić information content (AvgIpc) is 3.69. The van der Waals surface area contributed by atoms with Crippen molar-refractivity contribution >= 4 is 40.2 Å². The first kappa shape index (κ1) is 27.9. The lowest BCUT2D eigenvalue weighted by Crippen LogP contribution is -2.49. The first-order chi connectivity index (χ1) is 20.2. The van der Waals surface area contributed by atoms with Gasteiger partial charge in [-0.05, 0) is 45.5 Å². The number of amides is 2. The average molecular weight is 571 g/mol. The van der Waals surface area contributed by atoms with Crippen LogP contribution >= 0.6 is 0 Å². The Morgan fingerprint density at radius 1 is 1.10 bits per heavy atom. The van der Waals surface area contributed by atoms with E-state index in [1.165, 1.54) is 0 Å². The number of rotatable bonds is 7. The number of nitrogens with zero attached hydrogens (tertiary/aromatic N) is 7. The molecule has 2 fully saturated rings. The predicted octanol–water partition coefficient (Wildman–Crippen LogP) is 2.75. The number of likely N-dealkylation sites (tertiary alicyclic amines) is 1. The summed E-state index contributed by atoms with van der Waals surface area (Å²) in [6.45, 7) is 8.98. The van der Waals surface area contributed by atoms with Gasteiger partial charge in [0.05, 0.1) is 29.4 Å². The van der Waals surface area contributed by atoms with Crippen molar-refractivity contribution in [3.05, 3.63) is 47.9 Å². The number of hydrogen-bond acceptors (Lipinski definition) is 8. The van der Waals surface area contributed by atoms with Gasteiger partial charge in [-0.1, -0.05) is 12.1 Å². The van der Waals surface area contributed by atoms with E-state index in [1.807, 2.05) is 56.3 Å². The number of hydrogen-bond donors (Lipinski definition) is 3. The Morgan fingerprint density at radius 2 is 1.90 bits per heavy atom. The molecule has 2 aliphatic heterocycles. The van der Waals surface area contributed by atoms with E-state index < -0.39 is 0 Å². The molecule has 0 saturated carbocycles. The minimum atomic E-state index is -0.0956. The van der Waals surface area contributed by atoms with Crippen LogP contribution in [0.2, 0.25) is 0 Å². The summed E-state index contributed by atoms with van der Waals surface area (Å²) >= 11 is 0. The lowest BCUT2D eigenvalue weighted by molar-refractivity contribution is -0.136. The quantitative estimate of drug-likeness (QED) is 0.310. The normalized spacial score (nSPS) is 18.1. The maximum Gasteiger partial charge on any atom is 0.238 e. The summed E-state index contributed by atoms with van der Waals surface area (Å²) in [6, 6.07) is 7.79. The van der Waals surface area contributed by atoms with E-state index in [-0.39, 0.29) is 24.3 Å². The molecule has 2 amide bonds. The van der Waals surface area contributed by atoms with E-state index >= 15 is 0 Å². The fraction of sp³-hybridized carbons (Fsp3) is 0.433. The number of anilines is 3. The van der Waals surface area contributed by atoms with Crippen LogP contribution in [-0.2, 0) is 16.6 Å². The van der Waals surface area contributed by atoms with Gasteiger partial charge in [-0.25, -0.2) is 9.97 Å². The van der Waals surface area contributed by atoms with Crippen LogP contribution in [0.3, 0.4) is 0 Å². The van der Waals surface area contributed by atoms with Gasteiger partial charge < -0.3 is 25.4 Å². The lowest BCUT2D eigenvalue weighted by atomic mass is 10.1. The molecule has 1 aromatic carbocycles. The van der Waals surface area contributed by atoms with E-state index in [0.717, 1.165) is 72.6 Å². The summed E-state index contributed by atoms with van der Waals surface area (Å²) in [7, 11) is 3.98. The van der Waals surface area contributed by atoms with Gasteiger partial charge in [0.15, 0.2) is 5.82 Å². The summed E-state index contributed by atoms with van der Waals surface area (Å²) < 4.78 is 1.79. The largest absolute Gasteiger partial charge is 0.359 e. The van der Waals surface area contributed by atoms with Gasteiger partial charge in [0.2, 0.25) is 17.8 Å². The maximum absolute atomic E-state index is 13.1. The van der Waals surface area contributed by atoms with Crippen LogP contribution in [0.25, 0.3) is 22.2 Å². The molecule has 0 unspecified atom stereocenters. The molecule has 0 aliphatic carbocycles. The van der Waals surface area contributed by atoms with E-state index in [0.29, 0.717) is 24.0 Å². The minimum Gasteiger partial charge on any atom is -0.359 e. The van der Waals surface area contributed by atoms with Gasteiger partial charge in [0, 0.05) is 74.9 Å². The van der Waals surface area contributed by atoms with Crippen molar-refractivity contribution in [2.75, 3.05) is 63.5 Å². The van der Waals surface area contributed by atoms with Crippen LogP contribution in [0, 0.1) is 19.8 Å². The summed E-state index contributed by atoms with van der Waals surface area (Å²) in [6.07, 6.45) is 4.51. The van der Waals surface area contributed by atoms with Crippen molar-refractivity contribution in [1.82, 2.24) is 39.4 Å². The number of aryl methyl sites for hydroxylation is 3. The Bertz CT molecular complexity index is 1600. The first-order valence-corrected chi connectivity index (χ1v) is 14.5. The molecule has 12 nitrogen and oxygen atoms in total. The van der Waals surface area contributed by atoms with Crippen molar-refractivity contribution in [3.8, 4) is 11.3 Å². The van der Waals surface area contributed by atoms with Gasteiger partial charge in [-0.3, -0.25) is 19.2 Å². The SMILES string of the molecule is Cc1cnc(Nc2cc(C)n(C)n2)nc1-c1c[nH]c2c(NC(=O)CN3CC[C@@H](C(=O)N4CCN(C)CC4)C3)cccc12. The van der Waals surface area contributed by atoms with Crippen LogP contribution in [-0.4, -0.2) is 104 Å². The van der Waals surface area contributed by atoms with Crippen molar-refractivity contribution in [2.45, 2.75) is 20.3 Å². The second-order valence-electron chi connectivity index (χ2n) is 11.5. The monoisotopic (exact) mass is 570 g/mol. The summed E-state index contributed by atoms with van der Waals surface area (Å²) in [5, 5.41) is 11.7. The number of aromatic nitrogens is 5. The third-order valence-corrected chi connectivity index (χ3v) is 8.37. The minimum absolute atomic E-state index is 0.0345. The number of benzene rings is 1. The maximum atomic E-state index is 13.1. The van der Waals surface area contributed by atoms with E-state index in [9.17, 15) is 9.59 Å². The topological polar surface area (TPSA) is 127 Å². The number of para-hydroxylation sites is 1. The van der Waals surface area contributed by atoms with Gasteiger partial charge in [0.25, 0.3) is 0 Å². The third kappa shape index (κ3) is 5.72. The van der Waals surface area contributed by atoms with E-state index in [4.69, 9.17) is 4.98 Å². The van der Waals surface area contributed by atoms with Crippen molar-refractivity contribution < 1.29 is 9.59 Å². The fourth-order valence-corrected chi connectivity index (χ4v) is 5.82. The van der Waals surface area contributed by atoms with Gasteiger partial charge in [-0.15, -0.1) is 0 Å². The van der Waals surface area contributed by atoms with Gasteiger partial charge in [0.1, 0.15) is 0 Å². The van der Waals surface area contributed by atoms with Gasteiger partial charge >= 0.3 is 0 Å². The number of nitrogens with one attached hydrogen (secondary N) is 3. The lowest BCUT2D eigenvalue weighted by Gasteiger charge is -2.34. The highest BCUT2D eigenvalue weighted by Gasteiger charge is 2.33. The highest BCUT2D eigenvalue weighted by atomic mass is 16.2. The number of carbonyl (C=O) groups is 2. The van der Waals surface area contributed by atoms with Crippen LogP contribution in [0.5, 0.6) is 0 Å². The smallest absolute Gasteiger partial charge is 0.238 e. The molecule has 3 N–H and O–H groups in total. The van der Waals surface area contributed by atoms with E-state index in [1.54, 1.807) is 10.9 Å². The molecule has 0 bridgehead atoms. The zero-order valence-electron chi connectivity index (χ0n) is 24.6. The third-order valence-electron chi connectivity index (χ3n) is 8.37. The summed E-state index contributed by atoms with van der Waals surface area (Å²) in [5.74, 6) is 1.24. The van der Waals surface area contributed by atoms with Crippen molar-refractivity contribution in [1.29, 1.82) is 0 Å². The number of H-pyrrole nitrogens is 1. The molecule has 12 heteroatoms. The molecule has 3 aromatic heterocycles. The molecular weight excluding hydrogens is 532 g/mol. The summed E-state index contributed by atoms with van der Waals surface area (Å²) in [4.78, 5) is 45.0. The molecule has 0 radical (unpaired) electrons. The second-order valence-corrected chi connectivity index (χ2v) is 11.5. The Labute approximate surface area is 245 Å². The molecule has 220 valence electrons. The van der Waals surface area contributed by atoms with Crippen molar-refractivity contribution in [3.63, 3.8) is 0 Å². The number of aromatic amines is 1. The standard InChI is InChI=1S/C30H38N10O2/c1-19-15-32-30(34-25-14-20(2)38(4)36-25)35-27(19)23-16-31-28-22(23)6-5-7-24(28)33-26(41)18-39-9-8-21(17-39)29(42)40-12-10-37(3)11-13-40/h5-7,14-16,21,31H,8-13,17-18H2,1-4H3,(H,33,41)(H,32,34,35,36)/t21-/m1/s1. The van der Waals surface area contributed by atoms with Crippen LogP contribution < -0.4 is 10.6 Å².